The number of esters is 1. The number of hydrogen-bond donors (Lipinski definition) is 1. The summed E-state index contributed by atoms with van der Waals surface area (Å²) in [5.41, 5.74) is 2.50. The summed E-state index contributed by atoms with van der Waals surface area (Å²) in [6, 6.07) is 24.0. The molecular weight excluding hydrogens is 382 g/mol. The van der Waals surface area contributed by atoms with Gasteiger partial charge >= 0.3 is 5.97 Å². The van der Waals surface area contributed by atoms with Gasteiger partial charge in [0, 0.05) is 11.3 Å². The minimum atomic E-state index is -0.971. The molecule has 1 atom stereocenters. The number of anilines is 1. The van der Waals surface area contributed by atoms with Gasteiger partial charge in [0.1, 0.15) is 11.5 Å². The zero-order chi connectivity index (χ0) is 21.3. The Kier molecular flexibility index (Phi) is 7.05. The minimum absolute atomic E-state index is 0.301. The van der Waals surface area contributed by atoms with Crippen molar-refractivity contribution in [3.8, 4) is 22.6 Å². The van der Waals surface area contributed by atoms with Gasteiger partial charge in [-0.3, -0.25) is 4.79 Å². The predicted molar refractivity (Wildman–Crippen MR) is 115 cm³/mol. The zero-order valence-corrected chi connectivity index (χ0v) is 16.8. The van der Waals surface area contributed by atoms with Crippen LogP contribution >= 0.6 is 0 Å². The van der Waals surface area contributed by atoms with E-state index in [1.54, 1.807) is 31.4 Å². The Hall–Kier alpha value is -3.80. The Bertz CT molecular complexity index is 986. The number of para-hydroxylation sites is 1. The third-order valence-corrected chi connectivity index (χ3v) is 4.36. The molecule has 1 N–H and O–H groups in total. The first-order valence-corrected chi connectivity index (χ1v) is 9.48. The largest absolute Gasteiger partial charge is 0.497 e. The monoisotopic (exact) mass is 405 g/mol. The van der Waals surface area contributed by atoms with Crippen molar-refractivity contribution in [3.63, 3.8) is 0 Å². The molecule has 0 heterocycles. The molecule has 1 unspecified atom stereocenters. The lowest BCUT2D eigenvalue weighted by atomic mass is 10.0. The summed E-state index contributed by atoms with van der Waals surface area (Å²) in [4.78, 5) is 24.6. The van der Waals surface area contributed by atoms with Gasteiger partial charge in [0.05, 0.1) is 7.11 Å². The van der Waals surface area contributed by atoms with E-state index in [9.17, 15) is 9.59 Å². The summed E-state index contributed by atoms with van der Waals surface area (Å²) in [7, 11) is 1.57. The molecule has 0 aliphatic rings. The first-order valence-electron chi connectivity index (χ1n) is 9.48. The summed E-state index contributed by atoms with van der Waals surface area (Å²) < 4.78 is 15.6. The highest BCUT2D eigenvalue weighted by atomic mass is 16.6. The number of methoxy groups -OCH3 is 1. The second kappa shape index (κ2) is 10.1. The summed E-state index contributed by atoms with van der Waals surface area (Å²) >= 11 is 0. The van der Waals surface area contributed by atoms with Gasteiger partial charge in [-0.15, -0.1) is 0 Å². The van der Waals surface area contributed by atoms with Gasteiger partial charge in [0.15, 0.2) is 12.7 Å². The van der Waals surface area contributed by atoms with E-state index in [1.165, 1.54) is 6.92 Å². The van der Waals surface area contributed by atoms with Crippen molar-refractivity contribution in [1.29, 1.82) is 0 Å². The van der Waals surface area contributed by atoms with Crippen LogP contribution in [0.25, 0.3) is 11.1 Å². The third-order valence-electron chi connectivity index (χ3n) is 4.36. The molecular formula is C24H23NO5. The maximum atomic E-state index is 12.5. The van der Waals surface area contributed by atoms with E-state index in [1.807, 2.05) is 54.6 Å². The summed E-state index contributed by atoms with van der Waals surface area (Å²) in [5, 5.41) is 2.83. The SMILES string of the molecule is COc1ccc(OCC(=O)OC(C)C(=O)Nc2ccccc2-c2ccccc2)cc1. The second-order valence-electron chi connectivity index (χ2n) is 6.50. The average molecular weight is 405 g/mol. The van der Waals surface area contributed by atoms with Crippen molar-refractivity contribution in [2.75, 3.05) is 19.0 Å². The molecule has 0 aliphatic heterocycles. The molecule has 6 heteroatoms. The van der Waals surface area contributed by atoms with E-state index in [-0.39, 0.29) is 6.61 Å². The molecule has 154 valence electrons. The van der Waals surface area contributed by atoms with E-state index >= 15 is 0 Å². The molecule has 0 fully saturated rings. The van der Waals surface area contributed by atoms with Gasteiger partial charge in [-0.2, -0.15) is 0 Å². The van der Waals surface area contributed by atoms with Crippen LogP contribution in [0.5, 0.6) is 11.5 Å². The molecule has 3 aromatic carbocycles. The highest BCUT2D eigenvalue weighted by molar-refractivity contribution is 5.98. The lowest BCUT2D eigenvalue weighted by Crippen LogP contribution is -2.31. The van der Waals surface area contributed by atoms with Crippen LogP contribution in [0.4, 0.5) is 5.69 Å². The topological polar surface area (TPSA) is 73.9 Å². The second-order valence-corrected chi connectivity index (χ2v) is 6.50. The average Bonchev–Trinajstić information content (AvgIpc) is 2.79. The van der Waals surface area contributed by atoms with E-state index in [4.69, 9.17) is 14.2 Å². The summed E-state index contributed by atoms with van der Waals surface area (Å²) in [5.74, 6) is 0.133. The van der Waals surface area contributed by atoms with Crippen molar-refractivity contribution in [3.05, 3.63) is 78.9 Å². The van der Waals surface area contributed by atoms with Crippen molar-refractivity contribution < 1.29 is 23.8 Å². The molecule has 0 aromatic heterocycles. The number of amides is 1. The maximum Gasteiger partial charge on any atom is 0.344 e. The van der Waals surface area contributed by atoms with Crippen LogP contribution in [-0.2, 0) is 14.3 Å². The van der Waals surface area contributed by atoms with Gasteiger partial charge < -0.3 is 19.5 Å². The molecule has 6 nitrogen and oxygen atoms in total. The van der Waals surface area contributed by atoms with Crippen LogP contribution in [-0.4, -0.2) is 31.7 Å². The number of benzene rings is 3. The predicted octanol–water partition coefficient (Wildman–Crippen LogP) is 4.31. The number of carbonyl (C=O) groups is 2. The molecule has 0 aliphatic carbocycles. The van der Waals surface area contributed by atoms with Crippen LogP contribution in [0.15, 0.2) is 78.9 Å². The van der Waals surface area contributed by atoms with E-state index in [0.29, 0.717) is 17.2 Å². The summed E-state index contributed by atoms with van der Waals surface area (Å²) in [6.45, 7) is 1.22. The van der Waals surface area contributed by atoms with E-state index < -0.39 is 18.0 Å². The van der Waals surface area contributed by atoms with Gasteiger partial charge in [0.25, 0.3) is 5.91 Å². The standard InChI is InChI=1S/C24H23NO5/c1-17(30-23(26)16-29-20-14-12-19(28-2)13-15-20)24(27)25-22-11-7-6-10-21(22)18-8-4-3-5-9-18/h3-15,17H,16H2,1-2H3,(H,25,27). The molecule has 3 aromatic rings. The molecule has 0 saturated heterocycles. The van der Waals surface area contributed by atoms with Crippen molar-refractivity contribution in [2.45, 2.75) is 13.0 Å². The molecule has 0 saturated carbocycles. The fourth-order valence-corrected chi connectivity index (χ4v) is 2.79. The number of hydrogen-bond acceptors (Lipinski definition) is 5. The molecule has 1 amide bonds. The maximum absolute atomic E-state index is 12.5. The fraction of sp³-hybridized carbons (Fsp3) is 0.167. The summed E-state index contributed by atoms with van der Waals surface area (Å²) in [6.07, 6.45) is -0.971. The molecule has 3 rings (SSSR count). The first kappa shape index (κ1) is 20.9. The zero-order valence-electron chi connectivity index (χ0n) is 16.8. The Morgan fingerprint density at radius 1 is 0.867 bits per heavy atom. The quantitative estimate of drug-likeness (QED) is 0.565. The molecule has 0 radical (unpaired) electrons. The number of ether oxygens (including phenoxy) is 3. The van der Waals surface area contributed by atoms with Gasteiger partial charge in [-0.25, -0.2) is 4.79 Å². The number of carbonyl (C=O) groups excluding carboxylic acids is 2. The van der Waals surface area contributed by atoms with Crippen molar-refractivity contribution in [2.24, 2.45) is 0 Å². The smallest absolute Gasteiger partial charge is 0.344 e. The number of nitrogens with one attached hydrogen (secondary N) is 1. The normalized spacial score (nSPS) is 11.3. The van der Waals surface area contributed by atoms with Gasteiger partial charge in [0.2, 0.25) is 0 Å². The third kappa shape index (κ3) is 5.61. The fourth-order valence-electron chi connectivity index (χ4n) is 2.79. The minimum Gasteiger partial charge on any atom is -0.497 e. The highest BCUT2D eigenvalue weighted by Crippen LogP contribution is 2.27. The van der Waals surface area contributed by atoms with Crippen LogP contribution in [0, 0.1) is 0 Å². The first-order chi connectivity index (χ1) is 14.6. The Labute approximate surface area is 175 Å². The molecule has 0 bridgehead atoms. The van der Waals surface area contributed by atoms with Gasteiger partial charge in [-0.1, -0.05) is 48.5 Å². The number of rotatable bonds is 8. The van der Waals surface area contributed by atoms with Gasteiger partial charge in [-0.05, 0) is 42.8 Å². The van der Waals surface area contributed by atoms with E-state index in [2.05, 4.69) is 5.32 Å². The van der Waals surface area contributed by atoms with Crippen molar-refractivity contribution in [1.82, 2.24) is 0 Å². The lowest BCUT2D eigenvalue weighted by molar-refractivity contribution is -0.155. The Balaban J connectivity index is 1.55. The van der Waals surface area contributed by atoms with Crippen LogP contribution < -0.4 is 14.8 Å². The molecule has 0 spiro atoms. The molecule has 30 heavy (non-hydrogen) atoms. The Morgan fingerprint density at radius 2 is 1.50 bits per heavy atom. The lowest BCUT2D eigenvalue weighted by Gasteiger charge is -2.16. The van der Waals surface area contributed by atoms with Crippen LogP contribution in [0.1, 0.15) is 6.92 Å². The van der Waals surface area contributed by atoms with Crippen LogP contribution in [0.2, 0.25) is 0 Å². The van der Waals surface area contributed by atoms with Crippen molar-refractivity contribution >= 4 is 17.6 Å². The van der Waals surface area contributed by atoms with E-state index in [0.717, 1.165) is 11.1 Å². The highest BCUT2D eigenvalue weighted by Gasteiger charge is 2.19. The Morgan fingerprint density at radius 3 is 2.20 bits per heavy atom. The van der Waals surface area contributed by atoms with Crippen LogP contribution in [0.3, 0.4) is 0 Å².